The largest absolute Gasteiger partial charge is 0.493 e. The predicted molar refractivity (Wildman–Crippen MR) is 159 cm³/mol. The first-order chi connectivity index (χ1) is 20.5. The van der Waals surface area contributed by atoms with Gasteiger partial charge in [-0.2, -0.15) is 0 Å². The van der Waals surface area contributed by atoms with Gasteiger partial charge in [0.05, 0.1) is 45.9 Å². The number of carbonyl (C=O) groups is 1. The zero-order valence-electron chi connectivity index (χ0n) is 24.1. The van der Waals surface area contributed by atoms with E-state index in [1.807, 2.05) is 34.5 Å². The quantitative estimate of drug-likeness (QED) is 0.319. The van der Waals surface area contributed by atoms with E-state index in [9.17, 15) is 4.79 Å². The lowest BCUT2D eigenvalue weighted by Gasteiger charge is -2.30. The minimum Gasteiger partial charge on any atom is -0.493 e. The number of halogens is 1. The number of carbonyl (C=O) groups excluding carboxylic acids is 1. The standard InChI is InChI=1S/C31H36FN3O6S/c1-37-27-13-20(14-28(38-2)30(27)39-3)16-33-17-22-23(18-33)24(22)19-35(31(36)41-29-5-4-12-42-29)21-6-7-26(25(32)15-21)34-8-10-40-11-9-34/h4-7,12-15,22-24H,8-11,16-19H2,1-3H3. The van der Waals surface area contributed by atoms with Gasteiger partial charge in [0.2, 0.25) is 5.75 Å². The smallest absolute Gasteiger partial charge is 0.420 e. The number of benzene rings is 2. The summed E-state index contributed by atoms with van der Waals surface area (Å²) >= 11 is 1.35. The molecule has 3 heterocycles. The van der Waals surface area contributed by atoms with E-state index in [-0.39, 0.29) is 5.82 Å². The van der Waals surface area contributed by atoms with Crippen molar-refractivity contribution in [1.29, 1.82) is 0 Å². The molecule has 0 spiro atoms. The first kappa shape index (κ1) is 28.6. The average Bonchev–Trinajstić information content (AvgIpc) is 3.33. The molecule has 1 amide bonds. The Bertz CT molecular complexity index is 1360. The molecule has 2 aromatic carbocycles. The van der Waals surface area contributed by atoms with Crippen LogP contribution in [0.15, 0.2) is 47.8 Å². The van der Waals surface area contributed by atoms with Crippen molar-refractivity contribution >= 4 is 28.8 Å². The number of ether oxygens (including phenoxy) is 5. The van der Waals surface area contributed by atoms with Crippen molar-refractivity contribution in [2.45, 2.75) is 6.54 Å². The van der Waals surface area contributed by atoms with E-state index in [0.29, 0.717) is 84.3 Å². The van der Waals surface area contributed by atoms with Crippen LogP contribution in [0.25, 0.3) is 0 Å². The van der Waals surface area contributed by atoms with E-state index in [0.717, 1.165) is 25.2 Å². The number of methoxy groups -OCH3 is 3. The number of piperidine rings is 1. The fourth-order valence-corrected chi connectivity index (χ4v) is 6.87. The molecule has 3 fully saturated rings. The van der Waals surface area contributed by atoms with Crippen LogP contribution in [0.1, 0.15) is 5.56 Å². The van der Waals surface area contributed by atoms with Gasteiger partial charge >= 0.3 is 6.09 Å². The van der Waals surface area contributed by atoms with Gasteiger partial charge in [0.1, 0.15) is 5.82 Å². The Morgan fingerprint density at radius 3 is 2.33 bits per heavy atom. The summed E-state index contributed by atoms with van der Waals surface area (Å²) in [7, 11) is 4.84. The fourth-order valence-electron chi connectivity index (χ4n) is 6.30. The van der Waals surface area contributed by atoms with Crippen LogP contribution in [0, 0.1) is 23.6 Å². The second-order valence-corrected chi connectivity index (χ2v) is 11.8. The summed E-state index contributed by atoms with van der Waals surface area (Å²) in [4.78, 5) is 19.4. The van der Waals surface area contributed by atoms with Crippen molar-refractivity contribution in [2.24, 2.45) is 17.8 Å². The minimum atomic E-state index is -0.491. The topological polar surface area (TPSA) is 72.9 Å². The van der Waals surface area contributed by atoms with Crippen molar-refractivity contribution in [1.82, 2.24) is 4.90 Å². The monoisotopic (exact) mass is 597 g/mol. The molecule has 1 aromatic heterocycles. The van der Waals surface area contributed by atoms with E-state index in [2.05, 4.69) is 4.90 Å². The SMILES string of the molecule is COc1cc(CN2CC3C(C2)C3CN(C(=O)Oc2cccs2)c2ccc(N3CCOCC3)c(F)c2)cc(OC)c1OC. The van der Waals surface area contributed by atoms with Crippen LogP contribution in [-0.2, 0) is 11.3 Å². The molecule has 6 rings (SSSR count). The Balaban J connectivity index is 1.14. The van der Waals surface area contributed by atoms with E-state index in [4.69, 9.17) is 23.7 Å². The molecular formula is C31H36FN3O6S. The van der Waals surface area contributed by atoms with Crippen LogP contribution in [-0.4, -0.2) is 78.3 Å². The molecule has 2 unspecified atom stereocenters. The van der Waals surface area contributed by atoms with Crippen molar-refractivity contribution < 1.29 is 32.9 Å². The highest BCUT2D eigenvalue weighted by Crippen LogP contribution is 2.53. The van der Waals surface area contributed by atoms with E-state index in [1.54, 1.807) is 38.4 Å². The molecule has 3 aliphatic rings. The zero-order chi connectivity index (χ0) is 29.2. The van der Waals surface area contributed by atoms with Crippen molar-refractivity contribution in [3.05, 3.63) is 59.2 Å². The lowest BCUT2D eigenvalue weighted by Crippen LogP contribution is -2.38. The molecule has 2 atom stereocenters. The van der Waals surface area contributed by atoms with Gasteiger partial charge in [-0.1, -0.05) is 0 Å². The molecular weight excluding hydrogens is 561 g/mol. The Hall–Kier alpha value is -3.54. The molecule has 0 N–H and O–H groups in total. The number of anilines is 2. The number of fused-ring (bicyclic) bond motifs is 1. The summed E-state index contributed by atoms with van der Waals surface area (Å²) in [5.41, 5.74) is 2.11. The normalized spacial score (nSPS) is 21.5. The van der Waals surface area contributed by atoms with Gasteiger partial charge in [-0.3, -0.25) is 9.80 Å². The van der Waals surface area contributed by atoms with Gasteiger partial charge in [0.15, 0.2) is 16.6 Å². The summed E-state index contributed by atoms with van der Waals surface area (Å²) in [6, 6.07) is 12.6. The Labute approximate surface area is 249 Å². The van der Waals surface area contributed by atoms with Gasteiger partial charge in [-0.15, -0.1) is 11.3 Å². The summed E-state index contributed by atoms with van der Waals surface area (Å²) in [5.74, 6) is 2.75. The lowest BCUT2D eigenvalue weighted by atomic mass is 10.1. The van der Waals surface area contributed by atoms with Crippen LogP contribution in [0.2, 0.25) is 0 Å². The van der Waals surface area contributed by atoms with Crippen LogP contribution < -0.4 is 28.7 Å². The number of hydrogen-bond acceptors (Lipinski definition) is 9. The number of nitrogens with zero attached hydrogens (tertiary/aromatic N) is 3. The maximum absolute atomic E-state index is 15.3. The third-order valence-corrected chi connectivity index (χ3v) is 9.21. The van der Waals surface area contributed by atoms with Crippen LogP contribution >= 0.6 is 11.3 Å². The highest BCUT2D eigenvalue weighted by Gasteiger charge is 2.56. The molecule has 0 bridgehead atoms. The molecule has 42 heavy (non-hydrogen) atoms. The molecule has 224 valence electrons. The average molecular weight is 598 g/mol. The Morgan fingerprint density at radius 2 is 1.74 bits per heavy atom. The third-order valence-electron chi connectivity index (χ3n) is 8.47. The molecule has 1 aliphatic carbocycles. The van der Waals surface area contributed by atoms with Gasteiger partial charge in [0, 0.05) is 39.3 Å². The number of rotatable bonds is 10. The van der Waals surface area contributed by atoms with Crippen molar-refractivity contribution in [3.8, 4) is 22.3 Å². The molecule has 0 radical (unpaired) electrons. The molecule has 11 heteroatoms. The molecule has 2 saturated heterocycles. The lowest BCUT2D eigenvalue weighted by molar-refractivity contribution is 0.122. The maximum Gasteiger partial charge on any atom is 0.420 e. The van der Waals surface area contributed by atoms with Gasteiger partial charge < -0.3 is 28.6 Å². The number of amides is 1. The van der Waals surface area contributed by atoms with E-state index < -0.39 is 6.09 Å². The molecule has 3 aromatic rings. The predicted octanol–water partition coefficient (Wildman–Crippen LogP) is 5.13. The van der Waals surface area contributed by atoms with Crippen molar-refractivity contribution in [3.63, 3.8) is 0 Å². The highest BCUT2D eigenvalue weighted by atomic mass is 32.1. The number of hydrogen-bond donors (Lipinski definition) is 0. The Morgan fingerprint density at radius 1 is 1.02 bits per heavy atom. The Kier molecular flexibility index (Phi) is 8.41. The second kappa shape index (κ2) is 12.4. The summed E-state index contributed by atoms with van der Waals surface area (Å²) in [6.07, 6.45) is -0.491. The van der Waals surface area contributed by atoms with E-state index >= 15 is 4.39 Å². The number of likely N-dealkylation sites (tertiary alicyclic amines) is 1. The number of morpholine rings is 1. The first-order valence-electron chi connectivity index (χ1n) is 14.2. The molecule has 2 aliphatic heterocycles. The number of thiophene rings is 1. The van der Waals surface area contributed by atoms with Gasteiger partial charge in [0.25, 0.3) is 0 Å². The summed E-state index contributed by atoms with van der Waals surface area (Å²) < 4.78 is 42.9. The van der Waals surface area contributed by atoms with Crippen LogP contribution in [0.5, 0.6) is 22.3 Å². The van der Waals surface area contributed by atoms with E-state index in [1.165, 1.54) is 17.4 Å². The van der Waals surface area contributed by atoms with Crippen LogP contribution in [0.4, 0.5) is 20.6 Å². The first-order valence-corrected chi connectivity index (χ1v) is 15.0. The third kappa shape index (κ3) is 5.86. The van der Waals surface area contributed by atoms with Crippen molar-refractivity contribution in [2.75, 3.05) is 77.1 Å². The fraction of sp³-hybridized carbons (Fsp3) is 0.452. The van der Waals surface area contributed by atoms with Gasteiger partial charge in [-0.05, 0) is 71.2 Å². The summed E-state index contributed by atoms with van der Waals surface area (Å²) in [5, 5.41) is 2.38. The minimum absolute atomic E-state index is 0.319. The van der Waals surface area contributed by atoms with Gasteiger partial charge in [-0.25, -0.2) is 9.18 Å². The summed E-state index contributed by atoms with van der Waals surface area (Å²) in [6.45, 7) is 5.50. The highest BCUT2D eigenvalue weighted by molar-refractivity contribution is 7.11. The zero-order valence-corrected chi connectivity index (χ0v) is 24.9. The van der Waals surface area contributed by atoms with Crippen LogP contribution in [0.3, 0.4) is 0 Å². The molecule has 9 nitrogen and oxygen atoms in total. The maximum atomic E-state index is 15.3. The molecule has 1 saturated carbocycles. The second-order valence-electron chi connectivity index (χ2n) is 10.9.